The number of ether oxygens (including phenoxy) is 1. The Labute approximate surface area is 134 Å². The third kappa shape index (κ3) is 3.93. The van der Waals surface area contributed by atoms with E-state index in [0.717, 1.165) is 37.1 Å². The van der Waals surface area contributed by atoms with Gasteiger partial charge in [0.25, 0.3) is 0 Å². The van der Waals surface area contributed by atoms with Crippen LogP contribution in [0.4, 0.5) is 5.69 Å². The van der Waals surface area contributed by atoms with Crippen LogP contribution < -0.4 is 4.90 Å². The third-order valence-electron chi connectivity index (χ3n) is 3.86. The molecule has 0 saturated carbocycles. The zero-order valence-corrected chi connectivity index (χ0v) is 13.3. The molecule has 0 radical (unpaired) electrons. The van der Waals surface area contributed by atoms with Crippen molar-refractivity contribution in [2.75, 3.05) is 11.5 Å². The van der Waals surface area contributed by atoms with Crippen molar-refractivity contribution in [3.63, 3.8) is 0 Å². The van der Waals surface area contributed by atoms with Crippen LogP contribution in [0.1, 0.15) is 31.2 Å². The van der Waals surface area contributed by atoms with Gasteiger partial charge >= 0.3 is 0 Å². The van der Waals surface area contributed by atoms with E-state index in [1.54, 1.807) is 23.7 Å². The second-order valence-electron chi connectivity index (χ2n) is 5.52. The molecule has 2 aromatic heterocycles. The standard InChI is InChI=1S/C17H20N2O2S/c20-17(10-16-5-1-2-8-21-16)19(12-14-6-9-22-13-14)15-4-3-7-18-11-15/h3-4,6-7,9,11,13,16H,1-2,5,8,10,12H2. The summed E-state index contributed by atoms with van der Waals surface area (Å²) in [6.45, 7) is 1.36. The third-order valence-corrected chi connectivity index (χ3v) is 4.59. The zero-order valence-electron chi connectivity index (χ0n) is 12.5. The van der Waals surface area contributed by atoms with Crippen LogP contribution >= 0.6 is 11.3 Å². The minimum atomic E-state index is 0.0582. The maximum Gasteiger partial charge on any atom is 0.229 e. The topological polar surface area (TPSA) is 42.4 Å². The SMILES string of the molecule is O=C(CC1CCCCO1)N(Cc1ccsc1)c1cccnc1. The summed E-state index contributed by atoms with van der Waals surface area (Å²) in [6.07, 6.45) is 7.20. The van der Waals surface area contributed by atoms with Gasteiger partial charge < -0.3 is 9.64 Å². The summed E-state index contributed by atoms with van der Waals surface area (Å²) in [6, 6.07) is 5.85. The van der Waals surface area contributed by atoms with Gasteiger partial charge in [-0.15, -0.1) is 0 Å². The van der Waals surface area contributed by atoms with Crippen molar-refractivity contribution in [1.82, 2.24) is 4.98 Å². The summed E-state index contributed by atoms with van der Waals surface area (Å²) >= 11 is 1.65. The Morgan fingerprint density at radius 1 is 1.41 bits per heavy atom. The number of carbonyl (C=O) groups excluding carboxylic acids is 1. The lowest BCUT2D eigenvalue weighted by Gasteiger charge is -2.27. The number of pyridine rings is 1. The molecule has 1 aliphatic heterocycles. The minimum absolute atomic E-state index is 0.0582. The number of thiophene rings is 1. The van der Waals surface area contributed by atoms with Crippen LogP contribution in [-0.2, 0) is 16.1 Å². The number of hydrogen-bond donors (Lipinski definition) is 0. The molecule has 1 aliphatic rings. The number of anilines is 1. The summed E-state index contributed by atoms with van der Waals surface area (Å²) in [5, 5.41) is 4.11. The highest BCUT2D eigenvalue weighted by molar-refractivity contribution is 7.07. The average molecular weight is 316 g/mol. The fourth-order valence-corrected chi connectivity index (χ4v) is 3.34. The van der Waals surface area contributed by atoms with E-state index in [1.807, 2.05) is 22.4 Å². The first-order chi connectivity index (χ1) is 10.8. The molecule has 1 fully saturated rings. The lowest BCUT2D eigenvalue weighted by Crippen LogP contribution is -2.34. The van der Waals surface area contributed by atoms with Crippen molar-refractivity contribution in [2.24, 2.45) is 0 Å². The van der Waals surface area contributed by atoms with E-state index in [0.29, 0.717) is 13.0 Å². The van der Waals surface area contributed by atoms with Gasteiger partial charge in [-0.3, -0.25) is 9.78 Å². The van der Waals surface area contributed by atoms with E-state index < -0.39 is 0 Å². The van der Waals surface area contributed by atoms with Crippen LogP contribution in [0.5, 0.6) is 0 Å². The van der Waals surface area contributed by atoms with Crippen molar-refractivity contribution in [3.8, 4) is 0 Å². The summed E-state index contributed by atoms with van der Waals surface area (Å²) in [4.78, 5) is 18.7. The molecule has 1 atom stereocenters. The number of hydrogen-bond acceptors (Lipinski definition) is 4. The Morgan fingerprint density at radius 3 is 3.05 bits per heavy atom. The Bertz CT molecular complexity index is 580. The zero-order chi connectivity index (χ0) is 15.2. The van der Waals surface area contributed by atoms with Gasteiger partial charge in [0.2, 0.25) is 5.91 Å². The van der Waals surface area contributed by atoms with Crippen molar-refractivity contribution < 1.29 is 9.53 Å². The molecule has 22 heavy (non-hydrogen) atoms. The van der Waals surface area contributed by atoms with Crippen LogP contribution in [0.25, 0.3) is 0 Å². The van der Waals surface area contributed by atoms with Gasteiger partial charge in [0.1, 0.15) is 0 Å². The molecule has 116 valence electrons. The molecular weight excluding hydrogens is 296 g/mol. The molecule has 1 saturated heterocycles. The molecule has 2 aromatic rings. The fourth-order valence-electron chi connectivity index (χ4n) is 2.68. The van der Waals surface area contributed by atoms with Gasteiger partial charge in [-0.05, 0) is 53.8 Å². The molecule has 0 spiro atoms. The van der Waals surface area contributed by atoms with Crippen LogP contribution in [0.15, 0.2) is 41.4 Å². The number of rotatable bonds is 5. The van der Waals surface area contributed by atoms with Crippen LogP contribution in [-0.4, -0.2) is 23.6 Å². The molecule has 3 rings (SSSR count). The summed E-state index contributed by atoms with van der Waals surface area (Å²) in [7, 11) is 0. The van der Waals surface area contributed by atoms with E-state index in [1.165, 1.54) is 0 Å². The van der Waals surface area contributed by atoms with E-state index in [4.69, 9.17) is 4.74 Å². The number of amides is 1. The quantitative estimate of drug-likeness (QED) is 0.846. The van der Waals surface area contributed by atoms with Gasteiger partial charge in [-0.25, -0.2) is 0 Å². The monoisotopic (exact) mass is 316 g/mol. The average Bonchev–Trinajstić information content (AvgIpc) is 3.07. The molecule has 0 aromatic carbocycles. The molecule has 0 aliphatic carbocycles. The number of nitrogens with zero attached hydrogens (tertiary/aromatic N) is 2. The maximum atomic E-state index is 12.8. The largest absolute Gasteiger partial charge is 0.378 e. The van der Waals surface area contributed by atoms with Gasteiger partial charge in [0.15, 0.2) is 0 Å². The summed E-state index contributed by atoms with van der Waals surface area (Å²) in [5.74, 6) is 0.103. The molecule has 5 heteroatoms. The number of aromatic nitrogens is 1. The molecule has 0 N–H and O–H groups in total. The fraction of sp³-hybridized carbons (Fsp3) is 0.412. The molecular formula is C17H20N2O2S. The highest BCUT2D eigenvalue weighted by Crippen LogP contribution is 2.22. The Kier molecular flexibility index (Phi) is 5.19. The molecule has 1 amide bonds. The van der Waals surface area contributed by atoms with E-state index in [-0.39, 0.29) is 12.0 Å². The first-order valence-corrected chi connectivity index (χ1v) is 8.60. The van der Waals surface area contributed by atoms with Gasteiger partial charge in [-0.2, -0.15) is 11.3 Å². The Morgan fingerprint density at radius 2 is 2.36 bits per heavy atom. The minimum Gasteiger partial charge on any atom is -0.378 e. The highest BCUT2D eigenvalue weighted by atomic mass is 32.1. The smallest absolute Gasteiger partial charge is 0.229 e. The predicted octanol–water partition coefficient (Wildman–Crippen LogP) is 3.64. The lowest BCUT2D eigenvalue weighted by atomic mass is 10.1. The second kappa shape index (κ2) is 7.51. The molecule has 4 nitrogen and oxygen atoms in total. The van der Waals surface area contributed by atoms with Crippen molar-refractivity contribution in [2.45, 2.75) is 38.3 Å². The summed E-state index contributed by atoms with van der Waals surface area (Å²) < 4.78 is 5.71. The first kappa shape index (κ1) is 15.2. The predicted molar refractivity (Wildman–Crippen MR) is 88.0 cm³/mol. The number of carbonyl (C=O) groups is 1. The Balaban J connectivity index is 1.73. The first-order valence-electron chi connectivity index (χ1n) is 7.66. The Hall–Kier alpha value is -1.72. The van der Waals surface area contributed by atoms with Gasteiger partial charge in [0, 0.05) is 12.8 Å². The highest BCUT2D eigenvalue weighted by Gasteiger charge is 2.23. The van der Waals surface area contributed by atoms with Crippen molar-refractivity contribution >= 4 is 22.9 Å². The van der Waals surface area contributed by atoms with Crippen molar-refractivity contribution in [3.05, 3.63) is 46.9 Å². The maximum absolute atomic E-state index is 12.8. The van der Waals surface area contributed by atoms with Crippen LogP contribution in [0.3, 0.4) is 0 Å². The van der Waals surface area contributed by atoms with Crippen LogP contribution in [0.2, 0.25) is 0 Å². The normalized spacial score (nSPS) is 18.1. The van der Waals surface area contributed by atoms with E-state index in [2.05, 4.69) is 16.4 Å². The van der Waals surface area contributed by atoms with Crippen molar-refractivity contribution in [1.29, 1.82) is 0 Å². The van der Waals surface area contributed by atoms with E-state index in [9.17, 15) is 4.79 Å². The lowest BCUT2D eigenvalue weighted by molar-refractivity contribution is -0.122. The van der Waals surface area contributed by atoms with Gasteiger partial charge in [-0.1, -0.05) is 0 Å². The molecule has 3 heterocycles. The summed E-state index contributed by atoms with van der Waals surface area (Å²) in [5.41, 5.74) is 1.99. The van der Waals surface area contributed by atoms with E-state index >= 15 is 0 Å². The van der Waals surface area contributed by atoms with Gasteiger partial charge in [0.05, 0.1) is 31.0 Å². The second-order valence-corrected chi connectivity index (χ2v) is 6.30. The molecule has 0 bridgehead atoms. The van der Waals surface area contributed by atoms with Crippen LogP contribution in [0, 0.1) is 0 Å². The molecule has 1 unspecified atom stereocenters.